The van der Waals surface area contributed by atoms with E-state index < -0.39 is 0 Å². The molecule has 0 radical (unpaired) electrons. The number of nitrogens with one attached hydrogen (secondary N) is 2. The fourth-order valence-corrected chi connectivity index (χ4v) is 2.22. The van der Waals surface area contributed by atoms with Crippen LogP contribution in [0.25, 0.3) is 0 Å². The lowest BCUT2D eigenvalue weighted by molar-refractivity contribution is 0.519. The molecule has 0 saturated heterocycles. The lowest BCUT2D eigenvalue weighted by Gasteiger charge is -2.17. The lowest BCUT2D eigenvalue weighted by atomic mass is 10.0. The highest BCUT2D eigenvalue weighted by Gasteiger charge is 2.08. The van der Waals surface area contributed by atoms with Crippen molar-refractivity contribution in [1.29, 1.82) is 0 Å². The number of hydrogen-bond acceptors (Lipinski definition) is 2. The maximum absolute atomic E-state index is 6.02. The van der Waals surface area contributed by atoms with Gasteiger partial charge in [0, 0.05) is 36.4 Å². The Morgan fingerprint density at radius 3 is 3.00 bits per heavy atom. The van der Waals surface area contributed by atoms with E-state index in [0.29, 0.717) is 6.04 Å². The van der Waals surface area contributed by atoms with Crippen molar-refractivity contribution in [1.82, 2.24) is 15.3 Å². The van der Waals surface area contributed by atoms with E-state index in [1.54, 1.807) is 6.20 Å². The first-order valence-electron chi connectivity index (χ1n) is 6.26. The third-order valence-electron chi connectivity index (χ3n) is 2.97. The molecule has 0 aliphatic heterocycles. The summed E-state index contributed by atoms with van der Waals surface area (Å²) in [7, 11) is 0. The van der Waals surface area contributed by atoms with Crippen LogP contribution in [0.3, 0.4) is 0 Å². The second kappa shape index (κ2) is 6.57. The SMILES string of the molecule is CCC(NCCc1ncc[nH]1)c1cccc(Cl)c1. The highest BCUT2D eigenvalue weighted by Crippen LogP contribution is 2.20. The van der Waals surface area contributed by atoms with Crippen molar-refractivity contribution in [2.45, 2.75) is 25.8 Å². The molecule has 96 valence electrons. The highest BCUT2D eigenvalue weighted by atomic mass is 35.5. The molecular formula is C14H18ClN3. The molecule has 3 nitrogen and oxygen atoms in total. The maximum atomic E-state index is 6.02. The van der Waals surface area contributed by atoms with Gasteiger partial charge in [0.05, 0.1) is 0 Å². The first-order valence-corrected chi connectivity index (χ1v) is 6.64. The molecular weight excluding hydrogens is 246 g/mol. The molecule has 1 unspecified atom stereocenters. The number of benzene rings is 1. The molecule has 1 atom stereocenters. The molecule has 0 amide bonds. The van der Waals surface area contributed by atoms with Gasteiger partial charge in [-0.25, -0.2) is 4.98 Å². The molecule has 0 bridgehead atoms. The highest BCUT2D eigenvalue weighted by molar-refractivity contribution is 6.30. The monoisotopic (exact) mass is 263 g/mol. The van der Waals surface area contributed by atoms with Crippen LogP contribution in [0.5, 0.6) is 0 Å². The molecule has 18 heavy (non-hydrogen) atoms. The molecule has 2 aromatic rings. The third kappa shape index (κ3) is 3.59. The van der Waals surface area contributed by atoms with Gasteiger partial charge < -0.3 is 10.3 Å². The normalized spacial score (nSPS) is 12.6. The summed E-state index contributed by atoms with van der Waals surface area (Å²) < 4.78 is 0. The zero-order valence-electron chi connectivity index (χ0n) is 10.5. The summed E-state index contributed by atoms with van der Waals surface area (Å²) in [4.78, 5) is 7.31. The summed E-state index contributed by atoms with van der Waals surface area (Å²) in [5.74, 6) is 1.02. The minimum atomic E-state index is 0.346. The van der Waals surface area contributed by atoms with Gasteiger partial charge in [0.25, 0.3) is 0 Å². The van der Waals surface area contributed by atoms with Crippen LogP contribution in [0.2, 0.25) is 5.02 Å². The predicted molar refractivity (Wildman–Crippen MR) is 74.8 cm³/mol. The van der Waals surface area contributed by atoms with Crippen LogP contribution in [0.15, 0.2) is 36.7 Å². The fraction of sp³-hybridized carbons (Fsp3) is 0.357. The van der Waals surface area contributed by atoms with Gasteiger partial charge in [-0.15, -0.1) is 0 Å². The van der Waals surface area contributed by atoms with Gasteiger partial charge in [-0.3, -0.25) is 0 Å². The van der Waals surface area contributed by atoms with Gasteiger partial charge in [-0.05, 0) is 24.1 Å². The number of rotatable bonds is 6. The Morgan fingerprint density at radius 2 is 2.33 bits per heavy atom. The van der Waals surface area contributed by atoms with Gasteiger partial charge in [0.1, 0.15) is 5.82 Å². The molecule has 0 fully saturated rings. The summed E-state index contributed by atoms with van der Waals surface area (Å²) >= 11 is 6.02. The molecule has 0 saturated carbocycles. The van der Waals surface area contributed by atoms with Crippen molar-refractivity contribution in [2.75, 3.05) is 6.54 Å². The van der Waals surface area contributed by atoms with E-state index in [0.717, 1.165) is 30.2 Å². The largest absolute Gasteiger partial charge is 0.349 e. The van der Waals surface area contributed by atoms with E-state index in [9.17, 15) is 0 Å². The van der Waals surface area contributed by atoms with E-state index in [1.807, 2.05) is 24.4 Å². The zero-order valence-corrected chi connectivity index (χ0v) is 11.2. The predicted octanol–water partition coefficient (Wildman–Crippen LogP) is 3.35. The number of hydrogen-bond donors (Lipinski definition) is 2. The zero-order chi connectivity index (χ0) is 12.8. The summed E-state index contributed by atoms with van der Waals surface area (Å²) in [5, 5.41) is 4.32. The van der Waals surface area contributed by atoms with Crippen molar-refractivity contribution in [3.63, 3.8) is 0 Å². The molecule has 0 aliphatic rings. The summed E-state index contributed by atoms with van der Waals surface area (Å²) in [6.07, 6.45) is 5.58. The number of H-pyrrole nitrogens is 1. The third-order valence-corrected chi connectivity index (χ3v) is 3.20. The smallest absolute Gasteiger partial charge is 0.107 e. The second-order valence-corrected chi connectivity index (χ2v) is 4.69. The van der Waals surface area contributed by atoms with E-state index in [1.165, 1.54) is 5.56 Å². The van der Waals surface area contributed by atoms with Gasteiger partial charge >= 0.3 is 0 Å². The Labute approximate surface area is 113 Å². The van der Waals surface area contributed by atoms with Crippen LogP contribution >= 0.6 is 11.6 Å². The molecule has 2 N–H and O–H groups in total. The average molecular weight is 264 g/mol. The molecule has 0 spiro atoms. The standard InChI is InChI=1S/C14H18ClN3/c1-2-13(11-4-3-5-12(15)10-11)16-7-6-14-17-8-9-18-14/h3-5,8-10,13,16H,2,6-7H2,1H3,(H,17,18). The van der Waals surface area contributed by atoms with Crippen molar-refractivity contribution >= 4 is 11.6 Å². The first kappa shape index (κ1) is 13.1. The number of nitrogens with zero attached hydrogens (tertiary/aromatic N) is 1. The molecule has 2 rings (SSSR count). The Kier molecular flexibility index (Phi) is 4.79. The van der Waals surface area contributed by atoms with E-state index in [2.05, 4.69) is 28.3 Å². The maximum Gasteiger partial charge on any atom is 0.107 e. The van der Waals surface area contributed by atoms with E-state index >= 15 is 0 Å². The molecule has 1 heterocycles. The van der Waals surface area contributed by atoms with Crippen LogP contribution in [-0.2, 0) is 6.42 Å². The van der Waals surface area contributed by atoms with Crippen molar-refractivity contribution < 1.29 is 0 Å². The van der Waals surface area contributed by atoms with Gasteiger partial charge in [0.15, 0.2) is 0 Å². The number of halogens is 1. The number of imidazole rings is 1. The Bertz CT molecular complexity index is 468. The average Bonchev–Trinajstić information content (AvgIpc) is 2.88. The summed E-state index contributed by atoms with van der Waals surface area (Å²) in [6.45, 7) is 3.07. The second-order valence-electron chi connectivity index (χ2n) is 4.26. The molecule has 0 aliphatic carbocycles. The number of aromatic nitrogens is 2. The van der Waals surface area contributed by atoms with Crippen LogP contribution < -0.4 is 5.32 Å². The van der Waals surface area contributed by atoms with Gasteiger partial charge in [-0.1, -0.05) is 30.7 Å². The molecule has 1 aromatic heterocycles. The van der Waals surface area contributed by atoms with Crippen LogP contribution in [-0.4, -0.2) is 16.5 Å². The lowest BCUT2D eigenvalue weighted by Crippen LogP contribution is -2.23. The Morgan fingerprint density at radius 1 is 1.44 bits per heavy atom. The van der Waals surface area contributed by atoms with Crippen LogP contribution in [0, 0.1) is 0 Å². The van der Waals surface area contributed by atoms with Crippen molar-refractivity contribution in [2.24, 2.45) is 0 Å². The van der Waals surface area contributed by atoms with Gasteiger partial charge in [0.2, 0.25) is 0 Å². The minimum absolute atomic E-state index is 0.346. The van der Waals surface area contributed by atoms with Crippen LogP contribution in [0.4, 0.5) is 0 Å². The fourth-order valence-electron chi connectivity index (χ4n) is 2.02. The Hall–Kier alpha value is -1.32. The van der Waals surface area contributed by atoms with E-state index in [-0.39, 0.29) is 0 Å². The first-order chi connectivity index (χ1) is 8.79. The van der Waals surface area contributed by atoms with Crippen LogP contribution in [0.1, 0.15) is 30.8 Å². The van der Waals surface area contributed by atoms with E-state index in [4.69, 9.17) is 11.6 Å². The van der Waals surface area contributed by atoms with Crippen molar-refractivity contribution in [3.05, 3.63) is 53.1 Å². The Balaban J connectivity index is 1.89. The summed E-state index contributed by atoms with van der Waals surface area (Å²) in [6, 6.07) is 8.38. The van der Waals surface area contributed by atoms with Gasteiger partial charge in [-0.2, -0.15) is 0 Å². The molecule has 4 heteroatoms. The molecule has 1 aromatic carbocycles. The summed E-state index contributed by atoms with van der Waals surface area (Å²) in [5.41, 5.74) is 1.24. The van der Waals surface area contributed by atoms with Crippen molar-refractivity contribution in [3.8, 4) is 0 Å². The minimum Gasteiger partial charge on any atom is -0.349 e. The topological polar surface area (TPSA) is 40.7 Å². The quantitative estimate of drug-likeness (QED) is 0.839. The number of aromatic amines is 1.